The largest absolute Gasteiger partial charge is 0.493 e. The van der Waals surface area contributed by atoms with Gasteiger partial charge in [0.2, 0.25) is 0 Å². The number of pyridine rings is 1. The van der Waals surface area contributed by atoms with Crippen LogP contribution in [0, 0.1) is 6.92 Å². The van der Waals surface area contributed by atoms with Gasteiger partial charge in [0.25, 0.3) is 10.0 Å². The van der Waals surface area contributed by atoms with E-state index in [0.29, 0.717) is 5.39 Å². The monoisotopic (exact) mass is 446 g/mol. The van der Waals surface area contributed by atoms with E-state index in [1.807, 2.05) is 6.92 Å². The van der Waals surface area contributed by atoms with Crippen LogP contribution >= 0.6 is 0 Å². The first-order valence-electron chi connectivity index (χ1n) is 9.73. The van der Waals surface area contributed by atoms with Gasteiger partial charge in [0.15, 0.2) is 5.75 Å². The Hall–Kier alpha value is -2.40. The quantitative estimate of drug-likeness (QED) is 0.533. The first kappa shape index (κ1) is 23.3. The van der Waals surface area contributed by atoms with Gasteiger partial charge in [-0.05, 0) is 46.8 Å². The summed E-state index contributed by atoms with van der Waals surface area (Å²) in [4.78, 5) is 4.19. The van der Waals surface area contributed by atoms with Gasteiger partial charge >= 0.3 is 7.12 Å². The van der Waals surface area contributed by atoms with Crippen molar-refractivity contribution in [2.75, 3.05) is 7.11 Å². The summed E-state index contributed by atoms with van der Waals surface area (Å²) in [6, 6.07) is 6.46. The smallest absolute Gasteiger partial charge is 0.493 e. The Balaban J connectivity index is 2.21. The Bertz CT molecular complexity index is 1200. The lowest BCUT2D eigenvalue weighted by Gasteiger charge is -2.38. The fourth-order valence-corrected chi connectivity index (χ4v) is 4.37. The molecule has 0 aliphatic heterocycles. The first-order chi connectivity index (χ1) is 14.3. The van der Waals surface area contributed by atoms with Gasteiger partial charge in [-0.25, -0.2) is 12.4 Å². The molecule has 0 spiro atoms. The lowest BCUT2D eigenvalue weighted by atomic mass is 9.76. The van der Waals surface area contributed by atoms with E-state index in [4.69, 9.17) is 9.39 Å². The van der Waals surface area contributed by atoms with Crippen LogP contribution in [0.3, 0.4) is 0 Å². The second-order valence-corrected chi connectivity index (χ2v) is 10.3. The molecule has 0 unspecified atom stereocenters. The van der Waals surface area contributed by atoms with Crippen LogP contribution in [0.1, 0.15) is 33.3 Å². The summed E-state index contributed by atoms with van der Waals surface area (Å²) in [5, 5.41) is 21.6. The second-order valence-electron chi connectivity index (χ2n) is 8.48. The molecule has 8 nitrogen and oxygen atoms in total. The third-order valence-corrected chi connectivity index (χ3v) is 7.29. The van der Waals surface area contributed by atoms with Gasteiger partial charge in [0.1, 0.15) is 5.52 Å². The molecule has 0 amide bonds. The van der Waals surface area contributed by atoms with Crippen LogP contribution in [0.2, 0.25) is 0 Å². The number of aryl methyl sites for hydroxylation is 1. The number of hydrogen-bond donors (Lipinski definition) is 2. The van der Waals surface area contributed by atoms with Crippen LogP contribution in [0.25, 0.3) is 10.9 Å². The van der Waals surface area contributed by atoms with Gasteiger partial charge in [-0.2, -0.15) is 0 Å². The van der Waals surface area contributed by atoms with E-state index >= 15 is 0 Å². The molecule has 2 N–H and O–H groups in total. The van der Waals surface area contributed by atoms with Crippen molar-refractivity contribution in [1.82, 2.24) is 8.96 Å². The van der Waals surface area contributed by atoms with Crippen molar-refractivity contribution in [3.63, 3.8) is 0 Å². The van der Waals surface area contributed by atoms with Gasteiger partial charge in [-0.3, -0.25) is 4.98 Å². The van der Waals surface area contributed by atoms with Crippen molar-refractivity contribution in [3.8, 4) is 5.75 Å². The predicted octanol–water partition coefficient (Wildman–Crippen LogP) is 1.84. The Morgan fingerprint density at radius 3 is 2.26 bits per heavy atom. The molecule has 2 heterocycles. The summed E-state index contributed by atoms with van der Waals surface area (Å²) in [6.07, 6.45) is 4.15. The van der Waals surface area contributed by atoms with Crippen molar-refractivity contribution in [2.45, 2.75) is 50.7 Å². The van der Waals surface area contributed by atoms with E-state index in [0.717, 1.165) is 9.54 Å². The summed E-state index contributed by atoms with van der Waals surface area (Å²) in [7, 11) is -4.11. The molecule has 3 aromatic rings. The molecule has 0 saturated heterocycles. The number of hydrogen-bond acceptors (Lipinski definition) is 7. The molecule has 166 valence electrons. The number of nitrogens with zero attached hydrogens (tertiary/aromatic N) is 2. The SMILES string of the molecule is COc1cncc2c(B(O)OC(C)(C)C(C)(C)O)cn(S(=O)(=O)c3ccc(C)cc3)c12. The van der Waals surface area contributed by atoms with E-state index in [2.05, 4.69) is 4.98 Å². The molecule has 0 atom stereocenters. The number of methoxy groups -OCH3 is 1. The molecular weight excluding hydrogens is 419 g/mol. The lowest BCUT2D eigenvalue weighted by molar-refractivity contribution is -0.0982. The van der Waals surface area contributed by atoms with Gasteiger partial charge in [0.05, 0.1) is 29.4 Å². The summed E-state index contributed by atoms with van der Waals surface area (Å²) in [5.41, 5.74) is -1.05. The maximum Gasteiger partial charge on any atom is 0.493 e. The first-order valence-corrected chi connectivity index (χ1v) is 11.2. The molecule has 2 aromatic heterocycles. The predicted molar refractivity (Wildman–Crippen MR) is 119 cm³/mol. The number of fused-ring (bicyclic) bond motifs is 1. The minimum atomic E-state index is -4.01. The molecule has 0 aliphatic carbocycles. The summed E-state index contributed by atoms with van der Waals surface area (Å²) < 4.78 is 39.0. The Morgan fingerprint density at radius 2 is 1.71 bits per heavy atom. The van der Waals surface area contributed by atoms with Gasteiger partial charge in [0, 0.05) is 23.2 Å². The van der Waals surface area contributed by atoms with E-state index in [1.165, 1.54) is 37.8 Å². The Labute approximate surface area is 182 Å². The zero-order valence-corrected chi connectivity index (χ0v) is 19.3. The fraction of sp³-hybridized carbons (Fsp3) is 0.381. The van der Waals surface area contributed by atoms with Crippen LogP contribution in [0.4, 0.5) is 0 Å². The number of ether oxygens (including phenoxy) is 1. The van der Waals surface area contributed by atoms with Crippen molar-refractivity contribution >= 4 is 33.5 Å². The molecule has 0 saturated carbocycles. The summed E-state index contributed by atoms with van der Waals surface area (Å²) >= 11 is 0. The lowest BCUT2D eigenvalue weighted by Crippen LogP contribution is -2.53. The molecular formula is C21H27BN2O6S. The fourth-order valence-electron chi connectivity index (χ4n) is 2.98. The number of aliphatic hydroxyl groups is 1. The maximum atomic E-state index is 13.4. The van der Waals surface area contributed by atoms with Crippen molar-refractivity contribution in [2.24, 2.45) is 0 Å². The van der Waals surface area contributed by atoms with E-state index in [9.17, 15) is 18.5 Å². The number of rotatable bonds is 7. The number of aromatic nitrogens is 2. The molecule has 31 heavy (non-hydrogen) atoms. The average molecular weight is 446 g/mol. The third kappa shape index (κ3) is 4.20. The molecule has 0 aliphatic rings. The van der Waals surface area contributed by atoms with Crippen LogP contribution in [0.5, 0.6) is 5.75 Å². The standard InChI is InChI=1S/C21H27BN2O6S/c1-14-7-9-15(10-8-14)31(27,28)24-13-17(16-11-23-12-18(29-6)19(16)24)22(26)30-21(4,5)20(2,3)25/h7-13,25-26H,1-6H3. The van der Waals surface area contributed by atoms with Crippen molar-refractivity contribution in [3.05, 3.63) is 48.4 Å². The molecule has 10 heteroatoms. The van der Waals surface area contributed by atoms with E-state index < -0.39 is 28.3 Å². The molecule has 0 fully saturated rings. The van der Waals surface area contributed by atoms with Gasteiger partial charge < -0.3 is 19.5 Å². The molecule has 3 rings (SSSR count). The third-order valence-electron chi connectivity index (χ3n) is 5.62. The Morgan fingerprint density at radius 1 is 1.10 bits per heavy atom. The zero-order valence-electron chi connectivity index (χ0n) is 18.4. The topological polar surface area (TPSA) is 111 Å². The molecule has 0 bridgehead atoms. The normalized spacial score (nSPS) is 12.9. The zero-order chi connectivity index (χ0) is 23.2. The highest BCUT2D eigenvalue weighted by atomic mass is 32.2. The van der Waals surface area contributed by atoms with Gasteiger partial charge in [-0.1, -0.05) is 17.7 Å². The van der Waals surface area contributed by atoms with Crippen LogP contribution in [-0.2, 0) is 14.7 Å². The minimum absolute atomic E-state index is 0.0904. The van der Waals surface area contributed by atoms with Crippen molar-refractivity contribution < 1.29 is 27.9 Å². The number of benzene rings is 1. The molecule has 1 aromatic carbocycles. The highest BCUT2D eigenvalue weighted by Gasteiger charge is 2.41. The second kappa shape index (κ2) is 7.94. The maximum absolute atomic E-state index is 13.4. The van der Waals surface area contributed by atoms with Crippen LogP contribution in [-0.4, -0.2) is 52.9 Å². The van der Waals surface area contributed by atoms with Crippen molar-refractivity contribution in [1.29, 1.82) is 0 Å². The summed E-state index contributed by atoms with van der Waals surface area (Å²) in [5.74, 6) is 0.230. The van der Waals surface area contributed by atoms with E-state index in [-0.39, 0.29) is 21.6 Å². The molecule has 0 radical (unpaired) electrons. The summed E-state index contributed by atoms with van der Waals surface area (Å²) in [6.45, 7) is 8.27. The van der Waals surface area contributed by atoms with E-state index in [1.54, 1.807) is 39.8 Å². The Kier molecular flexibility index (Phi) is 5.96. The highest BCUT2D eigenvalue weighted by molar-refractivity contribution is 7.90. The average Bonchev–Trinajstić information content (AvgIpc) is 3.08. The highest BCUT2D eigenvalue weighted by Crippen LogP contribution is 2.30. The minimum Gasteiger partial charge on any atom is -0.493 e. The van der Waals surface area contributed by atoms with Crippen LogP contribution < -0.4 is 10.2 Å². The van der Waals surface area contributed by atoms with Gasteiger partial charge in [-0.15, -0.1) is 0 Å². The van der Waals surface area contributed by atoms with Crippen LogP contribution in [0.15, 0.2) is 47.8 Å².